The maximum absolute atomic E-state index is 11.8. The van der Waals surface area contributed by atoms with E-state index >= 15 is 0 Å². The van der Waals surface area contributed by atoms with E-state index in [2.05, 4.69) is 0 Å². The Labute approximate surface area is 113 Å². The number of ketones is 1. The maximum Gasteiger partial charge on any atom is 0.309 e. The highest BCUT2D eigenvalue weighted by atomic mass is 16.5. The Morgan fingerprint density at radius 3 is 2.53 bits per heavy atom. The van der Waals surface area contributed by atoms with Gasteiger partial charge in [0.15, 0.2) is 5.78 Å². The summed E-state index contributed by atoms with van der Waals surface area (Å²) in [7, 11) is 0. The number of Topliss-reactive ketones (excluding diaryl/α,β-unsaturated/α-hetero) is 1. The summed E-state index contributed by atoms with van der Waals surface area (Å²) in [6.45, 7) is 2.20. The SMILES string of the molecule is CCOC(=O)CC=Cc1ccc(C(=O)C2CC2)cc1. The third-order valence-corrected chi connectivity index (χ3v) is 3.04. The van der Waals surface area contributed by atoms with E-state index in [1.165, 1.54) is 0 Å². The highest BCUT2D eigenvalue weighted by Gasteiger charge is 2.30. The van der Waals surface area contributed by atoms with Crippen LogP contribution in [0.1, 0.15) is 42.1 Å². The molecule has 0 atom stereocenters. The molecule has 0 N–H and O–H groups in total. The summed E-state index contributed by atoms with van der Waals surface area (Å²) in [4.78, 5) is 23.0. The summed E-state index contributed by atoms with van der Waals surface area (Å²) in [6.07, 6.45) is 5.97. The number of hydrogen-bond acceptors (Lipinski definition) is 3. The van der Waals surface area contributed by atoms with Gasteiger partial charge in [-0.25, -0.2) is 0 Å². The fourth-order valence-corrected chi connectivity index (χ4v) is 1.85. The van der Waals surface area contributed by atoms with Crippen LogP contribution in [0, 0.1) is 5.92 Å². The van der Waals surface area contributed by atoms with E-state index in [0.29, 0.717) is 6.61 Å². The molecule has 0 saturated heterocycles. The first-order valence-electron chi connectivity index (χ1n) is 6.67. The van der Waals surface area contributed by atoms with E-state index in [1.807, 2.05) is 30.3 Å². The van der Waals surface area contributed by atoms with E-state index in [9.17, 15) is 9.59 Å². The van der Waals surface area contributed by atoms with Gasteiger partial charge in [-0.15, -0.1) is 0 Å². The third-order valence-electron chi connectivity index (χ3n) is 3.04. The first kappa shape index (κ1) is 13.5. The number of rotatable bonds is 6. The lowest BCUT2D eigenvalue weighted by Crippen LogP contribution is -2.01. The lowest BCUT2D eigenvalue weighted by Gasteiger charge is -2.00. The minimum absolute atomic E-state index is 0.223. The highest BCUT2D eigenvalue weighted by molar-refractivity contribution is 5.99. The second kappa shape index (κ2) is 6.32. The molecule has 100 valence electrons. The van der Waals surface area contributed by atoms with Crippen molar-refractivity contribution in [3.63, 3.8) is 0 Å². The van der Waals surface area contributed by atoms with Gasteiger partial charge in [-0.05, 0) is 25.3 Å². The number of carbonyl (C=O) groups is 2. The van der Waals surface area contributed by atoms with Gasteiger partial charge in [-0.1, -0.05) is 36.4 Å². The van der Waals surface area contributed by atoms with Gasteiger partial charge in [-0.3, -0.25) is 9.59 Å². The molecule has 1 aromatic carbocycles. The average Bonchev–Trinajstić information content (AvgIpc) is 3.23. The smallest absolute Gasteiger partial charge is 0.309 e. The number of carbonyl (C=O) groups excluding carboxylic acids is 2. The molecule has 3 nitrogen and oxygen atoms in total. The zero-order valence-corrected chi connectivity index (χ0v) is 11.1. The van der Waals surface area contributed by atoms with E-state index in [4.69, 9.17) is 4.74 Å². The Kier molecular flexibility index (Phi) is 4.50. The van der Waals surface area contributed by atoms with Gasteiger partial charge in [-0.2, -0.15) is 0 Å². The first-order valence-corrected chi connectivity index (χ1v) is 6.67. The number of benzene rings is 1. The molecule has 0 amide bonds. The topological polar surface area (TPSA) is 43.4 Å². The minimum atomic E-state index is -0.223. The summed E-state index contributed by atoms with van der Waals surface area (Å²) in [6, 6.07) is 7.50. The van der Waals surface area contributed by atoms with E-state index in [1.54, 1.807) is 13.0 Å². The lowest BCUT2D eigenvalue weighted by atomic mass is 10.0. The van der Waals surface area contributed by atoms with Crippen molar-refractivity contribution in [1.29, 1.82) is 0 Å². The molecule has 0 heterocycles. The van der Waals surface area contributed by atoms with Crippen LogP contribution in [-0.2, 0) is 9.53 Å². The molecule has 1 aliphatic rings. The van der Waals surface area contributed by atoms with Crippen molar-refractivity contribution in [2.45, 2.75) is 26.2 Å². The van der Waals surface area contributed by atoms with E-state index < -0.39 is 0 Å². The Bertz CT molecular complexity index is 481. The molecular formula is C16H18O3. The average molecular weight is 258 g/mol. The summed E-state index contributed by atoms with van der Waals surface area (Å²) in [5, 5.41) is 0. The van der Waals surface area contributed by atoms with Gasteiger partial charge in [0, 0.05) is 11.5 Å². The van der Waals surface area contributed by atoms with Crippen molar-refractivity contribution < 1.29 is 14.3 Å². The number of ether oxygens (including phenoxy) is 1. The van der Waals surface area contributed by atoms with Crippen LogP contribution >= 0.6 is 0 Å². The molecule has 0 aromatic heterocycles. The second-order valence-electron chi connectivity index (χ2n) is 4.67. The molecule has 1 aliphatic carbocycles. The Hall–Kier alpha value is -1.90. The first-order chi connectivity index (χ1) is 9.20. The van der Waals surface area contributed by atoms with Crippen molar-refractivity contribution in [3.8, 4) is 0 Å². The molecule has 19 heavy (non-hydrogen) atoms. The van der Waals surface area contributed by atoms with Gasteiger partial charge in [0.05, 0.1) is 13.0 Å². The van der Waals surface area contributed by atoms with Crippen LogP contribution in [0.2, 0.25) is 0 Å². The van der Waals surface area contributed by atoms with Crippen LogP contribution in [0.5, 0.6) is 0 Å². The van der Waals surface area contributed by atoms with Gasteiger partial charge in [0.2, 0.25) is 0 Å². The maximum atomic E-state index is 11.8. The third kappa shape index (κ3) is 4.05. The van der Waals surface area contributed by atoms with Crippen LogP contribution in [0.15, 0.2) is 30.3 Å². The summed E-state index contributed by atoms with van der Waals surface area (Å²) >= 11 is 0. The monoisotopic (exact) mass is 258 g/mol. The van der Waals surface area contributed by atoms with Crippen molar-refractivity contribution in [2.75, 3.05) is 6.61 Å². The van der Waals surface area contributed by atoms with E-state index in [-0.39, 0.29) is 24.1 Å². The quantitative estimate of drug-likeness (QED) is 0.581. The van der Waals surface area contributed by atoms with Gasteiger partial charge < -0.3 is 4.74 Å². The van der Waals surface area contributed by atoms with Crippen molar-refractivity contribution >= 4 is 17.8 Å². The molecule has 1 saturated carbocycles. The summed E-state index contributed by atoms with van der Waals surface area (Å²) in [5.74, 6) is 0.284. The molecule has 0 spiro atoms. The van der Waals surface area contributed by atoms with E-state index in [0.717, 1.165) is 24.0 Å². The van der Waals surface area contributed by atoms with Crippen LogP contribution in [0.3, 0.4) is 0 Å². The molecule has 0 bridgehead atoms. The minimum Gasteiger partial charge on any atom is -0.466 e. The molecule has 2 rings (SSSR count). The molecule has 1 fully saturated rings. The Morgan fingerprint density at radius 2 is 1.95 bits per heavy atom. The predicted molar refractivity (Wildman–Crippen MR) is 73.8 cm³/mol. The van der Waals surface area contributed by atoms with Crippen LogP contribution in [0.4, 0.5) is 0 Å². The standard InChI is InChI=1S/C16H18O3/c1-2-19-15(17)5-3-4-12-6-8-13(9-7-12)16(18)14-10-11-14/h3-4,6-9,14H,2,5,10-11H2,1H3. The van der Waals surface area contributed by atoms with Crippen LogP contribution in [0.25, 0.3) is 6.08 Å². The van der Waals surface area contributed by atoms with Gasteiger partial charge in [0.1, 0.15) is 0 Å². The Morgan fingerprint density at radius 1 is 1.26 bits per heavy atom. The molecule has 3 heteroatoms. The normalized spacial score (nSPS) is 14.6. The molecule has 0 aliphatic heterocycles. The van der Waals surface area contributed by atoms with Crippen molar-refractivity contribution in [2.24, 2.45) is 5.92 Å². The number of esters is 1. The predicted octanol–water partition coefficient (Wildman–Crippen LogP) is 3.25. The molecule has 0 radical (unpaired) electrons. The number of hydrogen-bond donors (Lipinski definition) is 0. The lowest BCUT2D eigenvalue weighted by molar-refractivity contribution is -0.142. The Balaban J connectivity index is 1.89. The van der Waals surface area contributed by atoms with Gasteiger partial charge in [0.25, 0.3) is 0 Å². The van der Waals surface area contributed by atoms with Crippen LogP contribution in [-0.4, -0.2) is 18.4 Å². The van der Waals surface area contributed by atoms with Crippen LogP contribution < -0.4 is 0 Å². The zero-order chi connectivity index (χ0) is 13.7. The largest absolute Gasteiger partial charge is 0.466 e. The summed E-state index contributed by atoms with van der Waals surface area (Å²) < 4.78 is 4.83. The van der Waals surface area contributed by atoms with Crippen molar-refractivity contribution in [3.05, 3.63) is 41.5 Å². The molecular weight excluding hydrogens is 240 g/mol. The summed E-state index contributed by atoms with van der Waals surface area (Å²) in [5.41, 5.74) is 1.77. The fraction of sp³-hybridized carbons (Fsp3) is 0.375. The van der Waals surface area contributed by atoms with Gasteiger partial charge >= 0.3 is 5.97 Å². The van der Waals surface area contributed by atoms with Crippen molar-refractivity contribution in [1.82, 2.24) is 0 Å². The fourth-order valence-electron chi connectivity index (χ4n) is 1.85. The molecule has 0 unspecified atom stereocenters. The highest BCUT2D eigenvalue weighted by Crippen LogP contribution is 2.32. The second-order valence-corrected chi connectivity index (χ2v) is 4.67. The zero-order valence-electron chi connectivity index (χ0n) is 11.1. The molecule has 1 aromatic rings.